The van der Waals surface area contributed by atoms with Crippen LogP contribution in [-0.2, 0) is 9.53 Å². The fourth-order valence-electron chi connectivity index (χ4n) is 1.06. The van der Waals surface area contributed by atoms with Crippen molar-refractivity contribution in [3.63, 3.8) is 0 Å². The van der Waals surface area contributed by atoms with E-state index >= 15 is 0 Å². The fraction of sp³-hybridized carbons (Fsp3) is 0.143. The number of esters is 1. The molecule has 0 amide bonds. The van der Waals surface area contributed by atoms with Crippen LogP contribution in [0.2, 0.25) is 0 Å². The van der Waals surface area contributed by atoms with Gasteiger partial charge in [-0.05, 0) is 30.7 Å². The summed E-state index contributed by atoms with van der Waals surface area (Å²) in [7, 11) is 0. The number of hydrogen-bond donors (Lipinski definition) is 0. The summed E-state index contributed by atoms with van der Waals surface area (Å²) in [4.78, 5) is 11.1. The van der Waals surface area contributed by atoms with Crippen LogP contribution < -0.4 is 0 Å². The van der Waals surface area contributed by atoms with Gasteiger partial charge in [0.1, 0.15) is 0 Å². The normalized spacial score (nSPS) is 9.56. The maximum absolute atomic E-state index is 11.1. The van der Waals surface area contributed by atoms with Crippen molar-refractivity contribution < 1.29 is 9.53 Å². The third kappa shape index (κ3) is 4.99. The van der Waals surface area contributed by atoms with Gasteiger partial charge in [0.05, 0.1) is 12.7 Å². The Morgan fingerprint density at radius 1 is 1.38 bits per heavy atom. The van der Waals surface area contributed by atoms with E-state index < -0.39 is 0 Å². The number of carbonyl (C=O) groups excluding carboxylic acids is 1. The van der Waals surface area contributed by atoms with Gasteiger partial charge in [-0.15, -0.1) is 5.73 Å². The minimum atomic E-state index is -0.290. The molecule has 0 spiro atoms. The molecule has 0 saturated heterocycles. The van der Waals surface area contributed by atoms with Crippen molar-refractivity contribution in [3.8, 4) is 0 Å². The molecule has 2 nitrogen and oxygen atoms in total. The molecule has 0 aliphatic heterocycles. The molecule has 1 rings (SSSR count). The first-order valence-electron chi connectivity index (χ1n) is 5.09. The van der Waals surface area contributed by atoms with Crippen LogP contribution in [-0.4, -0.2) is 5.97 Å². The molecule has 1 aromatic rings. The largest absolute Gasteiger partial charge is 0.434 e. The molecule has 0 heterocycles. The lowest BCUT2D eigenvalue weighted by Crippen LogP contribution is -1.95. The van der Waals surface area contributed by atoms with Crippen molar-refractivity contribution in [1.29, 1.82) is 0 Å². The fourth-order valence-corrected chi connectivity index (χ4v) is 1.06. The highest BCUT2D eigenvalue weighted by Gasteiger charge is 1.95. The van der Waals surface area contributed by atoms with E-state index in [4.69, 9.17) is 4.74 Å². The molecule has 2 heteroatoms. The maximum Gasteiger partial charge on any atom is 0.315 e. The van der Waals surface area contributed by atoms with E-state index in [9.17, 15) is 4.79 Å². The molecule has 0 N–H and O–H groups in total. The second-order valence-corrected chi connectivity index (χ2v) is 3.07. The Labute approximate surface area is 95.6 Å². The van der Waals surface area contributed by atoms with Crippen molar-refractivity contribution in [3.05, 3.63) is 60.0 Å². The molecule has 0 fully saturated rings. The second kappa shape index (κ2) is 7.27. The summed E-state index contributed by atoms with van der Waals surface area (Å²) in [5.74, 6) is -0.290. The van der Waals surface area contributed by atoms with Crippen LogP contribution in [0.25, 0.3) is 6.08 Å². The Kier molecular flexibility index (Phi) is 5.46. The summed E-state index contributed by atoms with van der Waals surface area (Å²) in [6.45, 7) is 1.84. The Hall–Kier alpha value is -2.05. The van der Waals surface area contributed by atoms with Gasteiger partial charge >= 0.3 is 5.97 Å². The third-order valence-corrected chi connectivity index (χ3v) is 1.81. The zero-order valence-corrected chi connectivity index (χ0v) is 9.22. The van der Waals surface area contributed by atoms with E-state index in [0.717, 1.165) is 5.56 Å². The Bertz CT molecular complexity index is 410. The van der Waals surface area contributed by atoms with E-state index in [1.807, 2.05) is 37.3 Å². The molecule has 0 aromatic heterocycles. The SMILES string of the molecule is CC=C=CCC(=O)OC=Cc1ccccc1. The quantitative estimate of drug-likeness (QED) is 0.436. The minimum absolute atomic E-state index is 0.240. The molecular formula is C14H14O2. The smallest absolute Gasteiger partial charge is 0.315 e. The zero-order valence-electron chi connectivity index (χ0n) is 9.22. The summed E-state index contributed by atoms with van der Waals surface area (Å²) in [6, 6.07) is 9.66. The number of ether oxygens (including phenoxy) is 1. The lowest BCUT2D eigenvalue weighted by molar-refractivity contribution is -0.136. The molecule has 0 aliphatic rings. The monoisotopic (exact) mass is 214 g/mol. The predicted molar refractivity (Wildman–Crippen MR) is 64.5 cm³/mol. The number of benzene rings is 1. The zero-order chi connectivity index (χ0) is 11.6. The van der Waals surface area contributed by atoms with E-state index in [0.29, 0.717) is 0 Å². The number of hydrogen-bond acceptors (Lipinski definition) is 2. The number of carbonyl (C=O) groups is 1. The summed E-state index contributed by atoms with van der Waals surface area (Å²) in [5, 5.41) is 0. The van der Waals surface area contributed by atoms with Crippen LogP contribution in [0.4, 0.5) is 0 Å². The van der Waals surface area contributed by atoms with Crippen LogP contribution in [0.5, 0.6) is 0 Å². The Balaban J connectivity index is 2.37. The van der Waals surface area contributed by atoms with E-state index in [2.05, 4.69) is 5.73 Å². The minimum Gasteiger partial charge on any atom is -0.434 e. The maximum atomic E-state index is 11.1. The highest BCUT2D eigenvalue weighted by Crippen LogP contribution is 2.01. The van der Waals surface area contributed by atoms with Crippen LogP contribution in [0.15, 0.2) is 54.5 Å². The summed E-state index contributed by atoms with van der Waals surface area (Å²) >= 11 is 0. The molecule has 1 aromatic carbocycles. The van der Waals surface area contributed by atoms with E-state index in [-0.39, 0.29) is 12.4 Å². The topological polar surface area (TPSA) is 26.3 Å². The van der Waals surface area contributed by atoms with Crippen LogP contribution >= 0.6 is 0 Å². The molecule has 0 unspecified atom stereocenters. The standard InChI is InChI=1S/C14H14O2/c1-2-3-5-10-14(15)16-12-11-13-8-6-4-7-9-13/h2,4-9,11-12H,10H2,1H3. The first kappa shape index (κ1) is 12.0. The molecule has 0 radical (unpaired) electrons. The lowest BCUT2D eigenvalue weighted by Gasteiger charge is -1.94. The average Bonchev–Trinajstić information content (AvgIpc) is 2.31. The average molecular weight is 214 g/mol. The van der Waals surface area contributed by atoms with Crippen molar-refractivity contribution in [2.24, 2.45) is 0 Å². The molecule has 0 atom stereocenters. The molecule has 0 aliphatic carbocycles. The van der Waals surface area contributed by atoms with Gasteiger partial charge in [-0.3, -0.25) is 4.79 Å². The molecule has 82 valence electrons. The Morgan fingerprint density at radius 2 is 2.12 bits per heavy atom. The third-order valence-electron chi connectivity index (χ3n) is 1.81. The van der Waals surface area contributed by atoms with E-state index in [1.54, 1.807) is 18.2 Å². The van der Waals surface area contributed by atoms with Gasteiger partial charge < -0.3 is 4.74 Å². The predicted octanol–water partition coefficient (Wildman–Crippen LogP) is 3.32. The van der Waals surface area contributed by atoms with Gasteiger partial charge in [-0.25, -0.2) is 0 Å². The molecular weight excluding hydrogens is 200 g/mol. The molecule has 16 heavy (non-hydrogen) atoms. The Morgan fingerprint density at radius 3 is 2.81 bits per heavy atom. The van der Waals surface area contributed by atoms with Gasteiger partial charge in [-0.2, -0.15) is 0 Å². The van der Waals surface area contributed by atoms with Gasteiger partial charge in [0, 0.05) is 0 Å². The number of rotatable bonds is 4. The van der Waals surface area contributed by atoms with Crippen molar-refractivity contribution >= 4 is 12.0 Å². The first-order chi connectivity index (χ1) is 7.83. The van der Waals surface area contributed by atoms with Crippen LogP contribution in [0, 0.1) is 0 Å². The highest BCUT2D eigenvalue weighted by molar-refractivity contribution is 5.72. The second-order valence-electron chi connectivity index (χ2n) is 3.07. The summed E-state index contributed by atoms with van der Waals surface area (Å²) in [5.41, 5.74) is 3.81. The van der Waals surface area contributed by atoms with Gasteiger partial charge in [0.25, 0.3) is 0 Å². The van der Waals surface area contributed by atoms with Crippen molar-refractivity contribution in [2.45, 2.75) is 13.3 Å². The highest BCUT2D eigenvalue weighted by atomic mass is 16.5. The van der Waals surface area contributed by atoms with Crippen molar-refractivity contribution in [1.82, 2.24) is 0 Å². The first-order valence-corrected chi connectivity index (χ1v) is 5.09. The van der Waals surface area contributed by atoms with E-state index in [1.165, 1.54) is 6.26 Å². The van der Waals surface area contributed by atoms with Crippen molar-refractivity contribution in [2.75, 3.05) is 0 Å². The van der Waals surface area contributed by atoms with Gasteiger partial charge in [0.2, 0.25) is 0 Å². The van der Waals surface area contributed by atoms with Gasteiger partial charge in [-0.1, -0.05) is 30.3 Å². The van der Waals surface area contributed by atoms with Gasteiger partial charge in [0.15, 0.2) is 0 Å². The molecule has 0 bridgehead atoms. The van der Waals surface area contributed by atoms with Crippen LogP contribution in [0.1, 0.15) is 18.9 Å². The summed E-state index contributed by atoms with van der Waals surface area (Å²) < 4.78 is 4.89. The lowest BCUT2D eigenvalue weighted by atomic mass is 10.2. The van der Waals surface area contributed by atoms with Crippen LogP contribution in [0.3, 0.4) is 0 Å². The molecule has 0 saturated carbocycles. The summed E-state index contributed by atoms with van der Waals surface area (Å²) in [6.07, 6.45) is 6.77.